The summed E-state index contributed by atoms with van der Waals surface area (Å²) in [5, 5.41) is 3.10. The Labute approximate surface area is 145 Å². The van der Waals surface area contributed by atoms with Crippen LogP contribution < -0.4 is 11.1 Å². The minimum atomic E-state index is -0.926. The van der Waals surface area contributed by atoms with E-state index in [-0.39, 0.29) is 5.91 Å². The van der Waals surface area contributed by atoms with E-state index in [2.05, 4.69) is 10.3 Å². The monoisotopic (exact) mass is 347 g/mol. The third-order valence-corrected chi connectivity index (χ3v) is 4.44. The highest BCUT2D eigenvalue weighted by Gasteiger charge is 2.23. The van der Waals surface area contributed by atoms with Gasteiger partial charge in [-0.05, 0) is 44.4 Å². The van der Waals surface area contributed by atoms with E-state index in [1.165, 1.54) is 6.92 Å². The van der Waals surface area contributed by atoms with Crippen LogP contribution in [0.25, 0.3) is 0 Å². The van der Waals surface area contributed by atoms with Crippen molar-refractivity contribution in [3.63, 3.8) is 0 Å². The third kappa shape index (κ3) is 4.11. The number of anilines is 2. The molecule has 2 aromatic rings. The van der Waals surface area contributed by atoms with Crippen LogP contribution in [0.15, 0.2) is 18.2 Å². The lowest BCUT2D eigenvalue weighted by molar-refractivity contribution is -0.123. The van der Waals surface area contributed by atoms with E-state index >= 15 is 0 Å². The zero-order valence-corrected chi connectivity index (χ0v) is 15.0. The predicted octanol–water partition coefficient (Wildman–Crippen LogP) is 3.09. The van der Waals surface area contributed by atoms with E-state index in [0.717, 1.165) is 22.5 Å². The Morgan fingerprint density at radius 3 is 2.75 bits per heavy atom. The number of carbonyl (C=O) groups excluding carboxylic acids is 2. The molecular weight excluding hydrogens is 326 g/mol. The van der Waals surface area contributed by atoms with Crippen LogP contribution in [0.1, 0.15) is 40.3 Å². The number of rotatable bonds is 5. The molecule has 0 aliphatic heterocycles. The first kappa shape index (κ1) is 17.9. The van der Waals surface area contributed by atoms with Crippen molar-refractivity contribution in [3.05, 3.63) is 39.9 Å². The zero-order valence-electron chi connectivity index (χ0n) is 14.2. The van der Waals surface area contributed by atoms with Gasteiger partial charge in [0.15, 0.2) is 11.2 Å². The van der Waals surface area contributed by atoms with Gasteiger partial charge < -0.3 is 15.8 Å². The fourth-order valence-electron chi connectivity index (χ4n) is 2.14. The molecule has 0 fully saturated rings. The molecule has 6 nitrogen and oxygen atoms in total. The van der Waals surface area contributed by atoms with Crippen molar-refractivity contribution in [3.8, 4) is 0 Å². The normalized spacial score (nSPS) is 11.8. The summed E-state index contributed by atoms with van der Waals surface area (Å²) < 4.78 is 5.26. The number of nitrogens with one attached hydrogen (secondary N) is 1. The largest absolute Gasteiger partial charge is 0.448 e. The summed E-state index contributed by atoms with van der Waals surface area (Å²) in [5.41, 5.74) is 8.91. The number of hydrogen-bond acceptors (Lipinski definition) is 6. The fraction of sp³-hybridized carbons (Fsp3) is 0.353. The molecule has 1 aromatic heterocycles. The quantitative estimate of drug-likeness (QED) is 0.811. The van der Waals surface area contributed by atoms with Crippen molar-refractivity contribution in [1.29, 1.82) is 0 Å². The summed E-state index contributed by atoms with van der Waals surface area (Å²) in [4.78, 5) is 29.0. The highest BCUT2D eigenvalue weighted by molar-refractivity contribution is 7.17. The molecule has 7 heteroatoms. The highest BCUT2D eigenvalue weighted by atomic mass is 32.1. The summed E-state index contributed by atoms with van der Waals surface area (Å²) in [6.45, 7) is 7.26. The average Bonchev–Trinajstić information content (AvgIpc) is 2.92. The summed E-state index contributed by atoms with van der Waals surface area (Å²) in [6, 6.07) is 5.77. The van der Waals surface area contributed by atoms with Crippen molar-refractivity contribution in [2.75, 3.05) is 11.1 Å². The van der Waals surface area contributed by atoms with E-state index < -0.39 is 12.1 Å². The topological polar surface area (TPSA) is 94.3 Å². The third-order valence-electron chi connectivity index (χ3n) is 3.54. The summed E-state index contributed by atoms with van der Waals surface area (Å²) in [5.74, 6) is -0.961. The molecule has 0 aliphatic rings. The second kappa shape index (κ2) is 7.44. The maximum absolute atomic E-state index is 12.3. The van der Waals surface area contributed by atoms with Crippen LogP contribution in [0.3, 0.4) is 0 Å². The second-order valence-corrected chi connectivity index (χ2v) is 6.57. The Balaban J connectivity index is 2.05. The molecule has 0 bridgehead atoms. The van der Waals surface area contributed by atoms with Gasteiger partial charge in [-0.15, -0.1) is 0 Å². The number of hydrogen-bond donors (Lipinski definition) is 2. The van der Waals surface area contributed by atoms with Gasteiger partial charge in [-0.25, -0.2) is 9.78 Å². The van der Waals surface area contributed by atoms with Crippen molar-refractivity contribution in [1.82, 2.24) is 4.98 Å². The maximum Gasteiger partial charge on any atom is 0.351 e. The number of carbonyl (C=O) groups is 2. The second-order valence-electron chi connectivity index (χ2n) is 5.54. The van der Waals surface area contributed by atoms with Crippen molar-refractivity contribution in [2.24, 2.45) is 0 Å². The Morgan fingerprint density at radius 1 is 1.38 bits per heavy atom. The standard InChI is InChI=1S/C17H21N3O3S/c1-5-12-14(24-17(18)20-12)16(22)23-11(4)15(21)19-13-8-9(2)6-7-10(13)3/h6-8,11H,5H2,1-4H3,(H2,18,20)(H,19,21). The number of thiazole rings is 1. The van der Waals surface area contributed by atoms with Crippen LogP contribution in [-0.2, 0) is 16.0 Å². The van der Waals surface area contributed by atoms with Gasteiger partial charge in [-0.2, -0.15) is 0 Å². The van der Waals surface area contributed by atoms with Crippen LogP contribution in [0.2, 0.25) is 0 Å². The number of nitrogens with zero attached hydrogens (tertiary/aromatic N) is 1. The Bertz CT molecular complexity index is 770. The highest BCUT2D eigenvalue weighted by Crippen LogP contribution is 2.23. The lowest BCUT2D eigenvalue weighted by atomic mass is 10.1. The minimum absolute atomic E-state index is 0.311. The minimum Gasteiger partial charge on any atom is -0.448 e. The van der Waals surface area contributed by atoms with E-state index in [0.29, 0.717) is 27.8 Å². The number of aromatic nitrogens is 1. The number of ether oxygens (including phenoxy) is 1. The number of aryl methyl sites for hydroxylation is 3. The number of amides is 1. The zero-order chi connectivity index (χ0) is 17.9. The molecule has 1 aromatic carbocycles. The smallest absolute Gasteiger partial charge is 0.351 e. The number of nitrogens with two attached hydrogens (primary N) is 1. The molecule has 1 amide bonds. The fourth-order valence-corrected chi connectivity index (χ4v) is 2.95. The van der Waals surface area contributed by atoms with Gasteiger partial charge >= 0.3 is 5.97 Å². The van der Waals surface area contributed by atoms with Gasteiger partial charge in [-0.3, -0.25) is 4.79 Å². The summed E-state index contributed by atoms with van der Waals surface area (Å²) in [6.07, 6.45) is -0.355. The molecule has 1 heterocycles. The van der Waals surface area contributed by atoms with Gasteiger partial charge in [-0.1, -0.05) is 30.4 Å². The first-order valence-electron chi connectivity index (χ1n) is 7.66. The van der Waals surface area contributed by atoms with Crippen LogP contribution in [0.5, 0.6) is 0 Å². The van der Waals surface area contributed by atoms with Crippen molar-refractivity contribution in [2.45, 2.75) is 40.2 Å². The van der Waals surface area contributed by atoms with E-state index in [4.69, 9.17) is 10.5 Å². The van der Waals surface area contributed by atoms with E-state index in [1.807, 2.05) is 39.0 Å². The number of esters is 1. The van der Waals surface area contributed by atoms with Gasteiger partial charge in [0.05, 0.1) is 5.69 Å². The van der Waals surface area contributed by atoms with Crippen LogP contribution in [-0.4, -0.2) is 23.0 Å². The first-order chi connectivity index (χ1) is 11.3. The molecule has 0 spiro atoms. The Morgan fingerprint density at radius 2 is 2.08 bits per heavy atom. The molecule has 3 N–H and O–H groups in total. The molecule has 1 atom stereocenters. The number of benzene rings is 1. The molecule has 2 rings (SSSR count). The first-order valence-corrected chi connectivity index (χ1v) is 8.47. The van der Waals surface area contributed by atoms with Crippen LogP contribution >= 0.6 is 11.3 Å². The van der Waals surface area contributed by atoms with Gasteiger partial charge in [0, 0.05) is 5.69 Å². The maximum atomic E-state index is 12.3. The average molecular weight is 347 g/mol. The molecule has 24 heavy (non-hydrogen) atoms. The van der Waals surface area contributed by atoms with Gasteiger partial charge in [0.1, 0.15) is 4.88 Å². The Hall–Kier alpha value is -2.41. The van der Waals surface area contributed by atoms with Gasteiger partial charge in [0.2, 0.25) is 0 Å². The Kier molecular flexibility index (Phi) is 5.56. The lowest BCUT2D eigenvalue weighted by Gasteiger charge is -2.15. The molecule has 1 unspecified atom stereocenters. The van der Waals surface area contributed by atoms with Gasteiger partial charge in [0.25, 0.3) is 5.91 Å². The number of nitrogen functional groups attached to an aromatic ring is 1. The molecule has 0 saturated carbocycles. The summed E-state index contributed by atoms with van der Waals surface area (Å²) >= 11 is 1.07. The molecular formula is C17H21N3O3S. The van der Waals surface area contributed by atoms with Crippen molar-refractivity contribution >= 4 is 34.0 Å². The predicted molar refractivity (Wildman–Crippen MR) is 95.3 cm³/mol. The van der Waals surface area contributed by atoms with E-state index in [1.54, 1.807) is 0 Å². The van der Waals surface area contributed by atoms with E-state index in [9.17, 15) is 9.59 Å². The van der Waals surface area contributed by atoms with Crippen molar-refractivity contribution < 1.29 is 14.3 Å². The molecule has 128 valence electrons. The molecule has 0 saturated heterocycles. The molecule has 0 aliphatic carbocycles. The molecule has 0 radical (unpaired) electrons. The SMILES string of the molecule is CCc1nc(N)sc1C(=O)OC(C)C(=O)Nc1cc(C)ccc1C. The van der Waals surface area contributed by atoms with Crippen LogP contribution in [0, 0.1) is 13.8 Å². The summed E-state index contributed by atoms with van der Waals surface area (Å²) in [7, 11) is 0. The lowest BCUT2D eigenvalue weighted by Crippen LogP contribution is -2.30. The van der Waals surface area contributed by atoms with Crippen LogP contribution in [0.4, 0.5) is 10.8 Å².